The van der Waals surface area contributed by atoms with Gasteiger partial charge in [-0.05, 0) is 26.3 Å². The Balaban J connectivity index is 2.26. The van der Waals surface area contributed by atoms with Crippen molar-refractivity contribution in [1.29, 1.82) is 0 Å². The largest absolute Gasteiger partial charge is 0.462 e. The van der Waals surface area contributed by atoms with Gasteiger partial charge in [-0.3, -0.25) is 0 Å². The molecule has 0 amide bonds. The van der Waals surface area contributed by atoms with Gasteiger partial charge in [-0.25, -0.2) is 14.8 Å². The third kappa shape index (κ3) is 3.43. The van der Waals surface area contributed by atoms with Crippen molar-refractivity contribution in [2.45, 2.75) is 20.8 Å². The maximum Gasteiger partial charge on any atom is 0.342 e. The van der Waals surface area contributed by atoms with E-state index in [1.54, 1.807) is 6.92 Å². The maximum absolute atomic E-state index is 12.5. The first-order chi connectivity index (χ1) is 12.1. The van der Waals surface area contributed by atoms with Crippen LogP contribution in [0.3, 0.4) is 0 Å². The Labute approximate surface area is 147 Å². The van der Waals surface area contributed by atoms with E-state index in [0.29, 0.717) is 29.4 Å². The van der Waals surface area contributed by atoms with E-state index in [1.165, 1.54) is 0 Å². The van der Waals surface area contributed by atoms with Gasteiger partial charge in [0.1, 0.15) is 5.56 Å². The average molecular weight is 332 g/mol. The molecule has 25 heavy (non-hydrogen) atoms. The number of hydrogen-bond donors (Lipinski definition) is 0. The molecule has 0 aliphatic heterocycles. The summed E-state index contributed by atoms with van der Waals surface area (Å²) in [6.45, 7) is 5.93. The average Bonchev–Trinajstić information content (AvgIpc) is 2.62. The third-order valence-corrected chi connectivity index (χ3v) is 4.00. The molecule has 3 aromatic rings. The van der Waals surface area contributed by atoms with Crippen LogP contribution >= 0.6 is 0 Å². The van der Waals surface area contributed by atoms with Crippen molar-refractivity contribution in [3.63, 3.8) is 0 Å². The highest BCUT2D eigenvalue weighted by Crippen LogP contribution is 2.29. The van der Waals surface area contributed by atoms with Crippen molar-refractivity contribution >= 4 is 5.97 Å². The van der Waals surface area contributed by atoms with Gasteiger partial charge in [0.15, 0.2) is 5.82 Å². The Hall–Kier alpha value is -3.01. The first-order valence-electron chi connectivity index (χ1n) is 8.29. The van der Waals surface area contributed by atoms with Crippen LogP contribution in [0.5, 0.6) is 0 Å². The Bertz CT molecular complexity index is 905. The van der Waals surface area contributed by atoms with E-state index in [1.807, 2.05) is 68.4 Å². The van der Waals surface area contributed by atoms with Gasteiger partial charge in [-0.1, -0.05) is 54.6 Å². The molecule has 4 nitrogen and oxygen atoms in total. The smallest absolute Gasteiger partial charge is 0.342 e. The molecular formula is C21H20N2O2. The number of benzene rings is 2. The van der Waals surface area contributed by atoms with Gasteiger partial charge in [-0.15, -0.1) is 0 Å². The monoisotopic (exact) mass is 332 g/mol. The predicted octanol–water partition coefficient (Wildman–Crippen LogP) is 4.60. The number of hydrogen-bond acceptors (Lipinski definition) is 4. The number of rotatable bonds is 4. The molecule has 1 heterocycles. The van der Waals surface area contributed by atoms with Crippen LogP contribution < -0.4 is 0 Å². The molecule has 0 N–H and O–H groups in total. The second-order valence-electron chi connectivity index (χ2n) is 5.76. The fourth-order valence-electron chi connectivity index (χ4n) is 2.77. The van der Waals surface area contributed by atoms with Gasteiger partial charge in [-0.2, -0.15) is 0 Å². The van der Waals surface area contributed by atoms with Crippen LogP contribution in [0.4, 0.5) is 0 Å². The van der Waals surface area contributed by atoms with Gasteiger partial charge in [0.05, 0.1) is 18.0 Å². The second kappa shape index (κ2) is 7.26. The van der Waals surface area contributed by atoms with Crippen molar-refractivity contribution in [3.8, 4) is 22.6 Å². The standard InChI is InChI=1S/C21H20N2O2/c1-4-25-21(24)18-15(3)22-20(16-11-6-5-7-12-16)23-19(18)17-13-9-8-10-14(17)2/h5-13H,4H2,1-3H3. The van der Waals surface area contributed by atoms with E-state index >= 15 is 0 Å². The van der Waals surface area contributed by atoms with E-state index in [9.17, 15) is 4.79 Å². The number of esters is 1. The van der Waals surface area contributed by atoms with Gasteiger partial charge >= 0.3 is 5.97 Å². The van der Waals surface area contributed by atoms with E-state index in [2.05, 4.69) is 4.98 Å². The number of aryl methyl sites for hydroxylation is 2. The minimum Gasteiger partial charge on any atom is -0.462 e. The lowest BCUT2D eigenvalue weighted by molar-refractivity contribution is 0.0525. The molecule has 0 bridgehead atoms. The Morgan fingerprint density at radius 2 is 1.64 bits per heavy atom. The zero-order valence-corrected chi connectivity index (χ0v) is 14.6. The normalized spacial score (nSPS) is 10.5. The molecule has 0 saturated heterocycles. The minimum atomic E-state index is -0.391. The summed E-state index contributed by atoms with van der Waals surface area (Å²) >= 11 is 0. The van der Waals surface area contributed by atoms with Crippen LogP contribution in [0.2, 0.25) is 0 Å². The topological polar surface area (TPSA) is 52.1 Å². The molecule has 0 saturated carbocycles. The lowest BCUT2D eigenvalue weighted by atomic mass is 10.00. The number of ether oxygens (including phenoxy) is 1. The summed E-state index contributed by atoms with van der Waals surface area (Å²) in [7, 11) is 0. The predicted molar refractivity (Wildman–Crippen MR) is 98.3 cm³/mol. The van der Waals surface area contributed by atoms with Gasteiger partial charge < -0.3 is 4.74 Å². The summed E-state index contributed by atoms with van der Waals surface area (Å²) in [5.41, 5.74) is 4.53. The van der Waals surface area contributed by atoms with Crippen LogP contribution in [0.15, 0.2) is 54.6 Å². The summed E-state index contributed by atoms with van der Waals surface area (Å²) < 4.78 is 5.24. The third-order valence-electron chi connectivity index (χ3n) is 4.00. The molecule has 4 heteroatoms. The van der Waals surface area contributed by atoms with Crippen LogP contribution in [-0.4, -0.2) is 22.5 Å². The SMILES string of the molecule is CCOC(=O)c1c(C)nc(-c2ccccc2)nc1-c1ccccc1C. The minimum absolute atomic E-state index is 0.311. The molecular weight excluding hydrogens is 312 g/mol. The molecule has 0 atom stereocenters. The van der Waals surface area contributed by atoms with E-state index in [-0.39, 0.29) is 0 Å². The Morgan fingerprint density at radius 3 is 2.32 bits per heavy atom. The molecule has 0 unspecified atom stereocenters. The summed E-state index contributed by atoms with van der Waals surface area (Å²) in [5, 5.41) is 0. The highest BCUT2D eigenvalue weighted by Gasteiger charge is 2.22. The van der Waals surface area contributed by atoms with Crippen molar-refractivity contribution < 1.29 is 9.53 Å². The zero-order chi connectivity index (χ0) is 17.8. The molecule has 0 spiro atoms. The van der Waals surface area contributed by atoms with Crippen molar-refractivity contribution in [1.82, 2.24) is 9.97 Å². The van der Waals surface area contributed by atoms with Crippen LogP contribution in [0, 0.1) is 13.8 Å². The summed E-state index contributed by atoms with van der Waals surface area (Å²) in [6, 6.07) is 17.6. The van der Waals surface area contributed by atoms with Crippen molar-refractivity contribution in [2.75, 3.05) is 6.61 Å². The van der Waals surface area contributed by atoms with E-state index in [0.717, 1.165) is 16.7 Å². The Kier molecular flexibility index (Phi) is 4.89. The van der Waals surface area contributed by atoms with Gasteiger partial charge in [0.2, 0.25) is 0 Å². The number of carbonyl (C=O) groups is 1. The maximum atomic E-state index is 12.5. The number of aromatic nitrogens is 2. The van der Waals surface area contributed by atoms with E-state index in [4.69, 9.17) is 9.72 Å². The molecule has 3 rings (SSSR count). The van der Waals surface area contributed by atoms with Gasteiger partial charge in [0.25, 0.3) is 0 Å². The molecule has 2 aromatic carbocycles. The highest BCUT2D eigenvalue weighted by atomic mass is 16.5. The van der Waals surface area contributed by atoms with Crippen LogP contribution in [0.25, 0.3) is 22.6 Å². The summed E-state index contributed by atoms with van der Waals surface area (Å²) in [6.07, 6.45) is 0. The van der Waals surface area contributed by atoms with Crippen molar-refractivity contribution in [2.24, 2.45) is 0 Å². The zero-order valence-electron chi connectivity index (χ0n) is 14.6. The van der Waals surface area contributed by atoms with Crippen LogP contribution in [0.1, 0.15) is 28.5 Å². The molecule has 0 aliphatic rings. The first kappa shape index (κ1) is 16.8. The van der Waals surface area contributed by atoms with Crippen molar-refractivity contribution in [3.05, 3.63) is 71.4 Å². The number of nitrogens with zero attached hydrogens (tertiary/aromatic N) is 2. The molecule has 0 aliphatic carbocycles. The number of carbonyl (C=O) groups excluding carboxylic acids is 1. The molecule has 1 aromatic heterocycles. The fourth-order valence-corrected chi connectivity index (χ4v) is 2.77. The molecule has 0 fully saturated rings. The first-order valence-corrected chi connectivity index (χ1v) is 8.29. The molecule has 126 valence electrons. The van der Waals surface area contributed by atoms with Crippen LogP contribution in [-0.2, 0) is 4.74 Å². The summed E-state index contributed by atoms with van der Waals surface area (Å²) in [4.78, 5) is 21.8. The second-order valence-corrected chi connectivity index (χ2v) is 5.76. The highest BCUT2D eigenvalue weighted by molar-refractivity contribution is 5.98. The lowest BCUT2D eigenvalue weighted by Crippen LogP contribution is -2.12. The van der Waals surface area contributed by atoms with E-state index < -0.39 is 5.97 Å². The summed E-state index contributed by atoms with van der Waals surface area (Å²) in [5.74, 6) is 0.210. The lowest BCUT2D eigenvalue weighted by Gasteiger charge is -2.14. The Morgan fingerprint density at radius 1 is 0.960 bits per heavy atom. The van der Waals surface area contributed by atoms with Gasteiger partial charge in [0, 0.05) is 11.1 Å². The fraction of sp³-hybridized carbons (Fsp3) is 0.190. The molecule has 0 radical (unpaired) electrons. The quantitative estimate of drug-likeness (QED) is 0.655.